The number of rotatable bonds is 6. The smallest absolute Gasteiger partial charge is 0.325 e. The van der Waals surface area contributed by atoms with Gasteiger partial charge in [-0.15, -0.1) is 0 Å². The second-order valence-corrected chi connectivity index (χ2v) is 6.20. The van der Waals surface area contributed by atoms with Crippen LogP contribution in [0.1, 0.15) is 12.5 Å². The zero-order valence-corrected chi connectivity index (χ0v) is 15.1. The van der Waals surface area contributed by atoms with Gasteiger partial charge in [0.1, 0.15) is 12.3 Å². The average molecular weight is 353 g/mol. The predicted octanol–water partition coefficient (Wildman–Crippen LogP) is 3.27. The Morgan fingerprint density at radius 1 is 1.08 bits per heavy atom. The number of aryl methyl sites for hydroxylation is 1. The van der Waals surface area contributed by atoms with Gasteiger partial charge in [-0.05, 0) is 50.2 Å². The van der Waals surface area contributed by atoms with E-state index >= 15 is 0 Å². The summed E-state index contributed by atoms with van der Waals surface area (Å²) in [5.74, 6) is 0.577. The topological polar surface area (TPSA) is 61.9 Å². The van der Waals surface area contributed by atoms with Crippen molar-refractivity contribution in [2.45, 2.75) is 13.8 Å². The highest BCUT2D eigenvalue weighted by Gasteiger charge is 2.30. The summed E-state index contributed by atoms with van der Waals surface area (Å²) >= 11 is 0. The minimum atomic E-state index is -0.198. The van der Waals surface area contributed by atoms with Crippen molar-refractivity contribution in [3.05, 3.63) is 54.1 Å². The molecule has 0 atom stereocenters. The highest BCUT2D eigenvalue weighted by molar-refractivity contribution is 5.99. The lowest BCUT2D eigenvalue weighted by molar-refractivity contribution is -0.116. The third kappa shape index (κ3) is 4.14. The Hall–Kier alpha value is -3.02. The van der Waals surface area contributed by atoms with Crippen molar-refractivity contribution < 1.29 is 14.3 Å². The van der Waals surface area contributed by atoms with Crippen molar-refractivity contribution in [2.24, 2.45) is 0 Å². The molecule has 2 aromatic carbocycles. The molecular weight excluding hydrogens is 330 g/mol. The normalized spacial score (nSPS) is 13.8. The van der Waals surface area contributed by atoms with Gasteiger partial charge in [0.2, 0.25) is 5.91 Å². The summed E-state index contributed by atoms with van der Waals surface area (Å²) < 4.78 is 5.42. The molecule has 0 radical (unpaired) electrons. The lowest BCUT2D eigenvalue weighted by atomic mass is 10.2. The van der Waals surface area contributed by atoms with E-state index in [9.17, 15) is 9.59 Å². The Kier molecular flexibility index (Phi) is 5.41. The third-order valence-electron chi connectivity index (χ3n) is 4.22. The molecule has 3 amide bonds. The maximum absolute atomic E-state index is 12.6. The second kappa shape index (κ2) is 7.91. The molecule has 0 bridgehead atoms. The summed E-state index contributed by atoms with van der Waals surface area (Å²) in [6.45, 7) is 5.64. The Labute approximate surface area is 153 Å². The summed E-state index contributed by atoms with van der Waals surface area (Å²) in [5.41, 5.74) is 2.67. The monoisotopic (exact) mass is 353 g/mol. The lowest BCUT2D eigenvalue weighted by Crippen LogP contribution is -2.37. The average Bonchev–Trinajstić information content (AvgIpc) is 2.98. The van der Waals surface area contributed by atoms with E-state index in [4.69, 9.17) is 4.74 Å². The number of urea groups is 1. The molecule has 26 heavy (non-hydrogen) atoms. The van der Waals surface area contributed by atoms with Crippen LogP contribution in [0.3, 0.4) is 0 Å². The molecule has 0 aromatic heterocycles. The van der Waals surface area contributed by atoms with Crippen molar-refractivity contribution in [1.29, 1.82) is 0 Å². The van der Waals surface area contributed by atoms with E-state index in [2.05, 4.69) is 5.32 Å². The number of hydrogen-bond acceptors (Lipinski definition) is 3. The van der Waals surface area contributed by atoms with E-state index in [1.165, 1.54) is 0 Å². The van der Waals surface area contributed by atoms with Crippen LogP contribution >= 0.6 is 0 Å². The van der Waals surface area contributed by atoms with Gasteiger partial charge in [0.15, 0.2) is 0 Å². The number of benzene rings is 2. The second-order valence-electron chi connectivity index (χ2n) is 6.20. The van der Waals surface area contributed by atoms with Gasteiger partial charge >= 0.3 is 6.03 Å². The fourth-order valence-corrected chi connectivity index (χ4v) is 2.87. The van der Waals surface area contributed by atoms with Crippen LogP contribution in [-0.2, 0) is 4.79 Å². The molecule has 0 aliphatic carbocycles. The first-order chi connectivity index (χ1) is 12.6. The number of amides is 3. The van der Waals surface area contributed by atoms with Crippen LogP contribution < -0.4 is 15.0 Å². The Balaban J connectivity index is 1.58. The van der Waals surface area contributed by atoms with E-state index in [0.717, 1.165) is 22.7 Å². The summed E-state index contributed by atoms with van der Waals surface area (Å²) in [4.78, 5) is 28.0. The van der Waals surface area contributed by atoms with E-state index in [1.54, 1.807) is 9.80 Å². The number of nitrogens with zero attached hydrogens (tertiary/aromatic N) is 2. The molecule has 1 heterocycles. The van der Waals surface area contributed by atoms with Gasteiger partial charge in [-0.2, -0.15) is 0 Å². The standard InChI is InChI=1S/C20H23N3O3/c1-3-26-18-10-8-17(9-11-18)23-13-12-22(20(23)25)14-19(24)21-16-6-4-15(2)5-7-16/h4-11H,3,12-14H2,1-2H3,(H,21,24). The van der Waals surface area contributed by atoms with Crippen LogP contribution in [0.25, 0.3) is 0 Å². The molecule has 6 nitrogen and oxygen atoms in total. The predicted molar refractivity (Wildman–Crippen MR) is 102 cm³/mol. The van der Waals surface area contributed by atoms with Crippen LogP contribution in [0.2, 0.25) is 0 Å². The molecule has 0 unspecified atom stereocenters. The molecule has 1 saturated heterocycles. The van der Waals surface area contributed by atoms with Crippen LogP contribution in [0, 0.1) is 6.92 Å². The number of anilines is 2. The maximum Gasteiger partial charge on any atom is 0.325 e. The number of carbonyl (C=O) groups is 2. The van der Waals surface area contributed by atoms with Crippen LogP contribution in [0.15, 0.2) is 48.5 Å². The Bertz CT molecular complexity index is 772. The van der Waals surface area contributed by atoms with E-state index in [-0.39, 0.29) is 18.5 Å². The summed E-state index contributed by atoms with van der Waals surface area (Å²) in [6, 6.07) is 14.8. The first kappa shape index (κ1) is 17.8. The molecule has 1 aliphatic heterocycles. The van der Waals surface area contributed by atoms with Gasteiger partial charge < -0.3 is 15.0 Å². The number of ether oxygens (including phenoxy) is 1. The molecule has 1 N–H and O–H groups in total. The molecule has 3 rings (SSSR count). The molecule has 0 spiro atoms. The molecular formula is C20H23N3O3. The lowest BCUT2D eigenvalue weighted by Gasteiger charge is -2.18. The molecule has 6 heteroatoms. The molecule has 1 aliphatic rings. The number of hydrogen-bond donors (Lipinski definition) is 1. The van der Waals surface area contributed by atoms with Crippen LogP contribution in [0.4, 0.5) is 16.2 Å². The minimum Gasteiger partial charge on any atom is -0.494 e. The van der Waals surface area contributed by atoms with Crippen molar-refractivity contribution in [2.75, 3.05) is 36.5 Å². The highest BCUT2D eigenvalue weighted by atomic mass is 16.5. The fraction of sp³-hybridized carbons (Fsp3) is 0.300. The first-order valence-corrected chi connectivity index (χ1v) is 8.72. The van der Waals surface area contributed by atoms with Crippen molar-refractivity contribution in [1.82, 2.24) is 4.90 Å². The van der Waals surface area contributed by atoms with E-state index < -0.39 is 0 Å². The zero-order valence-electron chi connectivity index (χ0n) is 15.1. The summed E-state index contributed by atoms with van der Waals surface area (Å²) in [6.07, 6.45) is 0. The van der Waals surface area contributed by atoms with Gasteiger partial charge in [-0.25, -0.2) is 4.79 Å². The highest BCUT2D eigenvalue weighted by Crippen LogP contribution is 2.23. The minimum absolute atomic E-state index is 0.0419. The number of nitrogens with one attached hydrogen (secondary N) is 1. The largest absolute Gasteiger partial charge is 0.494 e. The van der Waals surface area contributed by atoms with E-state index in [1.807, 2.05) is 62.4 Å². The molecule has 0 saturated carbocycles. The summed E-state index contributed by atoms with van der Waals surface area (Å²) in [5, 5.41) is 2.82. The van der Waals surface area contributed by atoms with Gasteiger partial charge in [0, 0.05) is 24.5 Å². The Morgan fingerprint density at radius 3 is 2.42 bits per heavy atom. The fourth-order valence-electron chi connectivity index (χ4n) is 2.87. The number of carbonyl (C=O) groups excluding carboxylic acids is 2. The molecule has 136 valence electrons. The molecule has 2 aromatic rings. The SMILES string of the molecule is CCOc1ccc(N2CCN(CC(=O)Nc3ccc(C)cc3)C2=O)cc1. The quantitative estimate of drug-likeness (QED) is 0.867. The van der Waals surface area contributed by atoms with Crippen LogP contribution in [-0.4, -0.2) is 43.1 Å². The zero-order chi connectivity index (χ0) is 18.5. The van der Waals surface area contributed by atoms with E-state index in [0.29, 0.717) is 19.7 Å². The van der Waals surface area contributed by atoms with Crippen molar-refractivity contribution in [3.8, 4) is 5.75 Å². The van der Waals surface area contributed by atoms with Crippen molar-refractivity contribution >= 4 is 23.3 Å². The van der Waals surface area contributed by atoms with Crippen LogP contribution in [0.5, 0.6) is 5.75 Å². The van der Waals surface area contributed by atoms with Gasteiger partial charge in [0.25, 0.3) is 0 Å². The summed E-state index contributed by atoms with van der Waals surface area (Å²) in [7, 11) is 0. The Morgan fingerprint density at radius 2 is 1.77 bits per heavy atom. The third-order valence-corrected chi connectivity index (χ3v) is 4.22. The first-order valence-electron chi connectivity index (χ1n) is 8.72. The van der Waals surface area contributed by atoms with Gasteiger partial charge in [-0.1, -0.05) is 17.7 Å². The van der Waals surface area contributed by atoms with Crippen molar-refractivity contribution in [3.63, 3.8) is 0 Å². The van der Waals surface area contributed by atoms with Gasteiger partial charge in [0.05, 0.1) is 6.61 Å². The van der Waals surface area contributed by atoms with Gasteiger partial charge in [-0.3, -0.25) is 9.69 Å². The molecule has 1 fully saturated rings. The maximum atomic E-state index is 12.6.